The number of pyridine rings is 1. The van der Waals surface area contributed by atoms with E-state index in [2.05, 4.69) is 15.6 Å². The van der Waals surface area contributed by atoms with Crippen LogP contribution in [0.1, 0.15) is 5.56 Å². The first kappa shape index (κ1) is 11.4. The van der Waals surface area contributed by atoms with Crippen LogP contribution in [-0.2, 0) is 4.79 Å². The van der Waals surface area contributed by atoms with Gasteiger partial charge in [-0.05, 0) is 18.6 Å². The number of thioether (sulfide) groups is 1. The predicted octanol–water partition coefficient (Wildman–Crippen LogP) is 1.03. The molecule has 0 spiro atoms. The molecule has 1 aliphatic heterocycles. The van der Waals surface area contributed by atoms with Crippen molar-refractivity contribution in [3.05, 3.63) is 23.9 Å². The highest BCUT2D eigenvalue weighted by Gasteiger charge is 2.20. The van der Waals surface area contributed by atoms with Crippen LogP contribution in [0, 0.1) is 6.92 Å². The van der Waals surface area contributed by atoms with Crippen LogP contribution in [0.2, 0.25) is 0 Å². The van der Waals surface area contributed by atoms with Crippen LogP contribution in [-0.4, -0.2) is 35.0 Å². The van der Waals surface area contributed by atoms with E-state index in [9.17, 15) is 4.79 Å². The Balaban J connectivity index is 1.93. The zero-order chi connectivity index (χ0) is 11.4. The Labute approximate surface area is 99.2 Å². The molecule has 5 heteroatoms. The van der Waals surface area contributed by atoms with E-state index < -0.39 is 0 Å². The largest absolute Gasteiger partial charge is 0.309 e. The van der Waals surface area contributed by atoms with Crippen LogP contribution < -0.4 is 10.6 Å². The summed E-state index contributed by atoms with van der Waals surface area (Å²) in [4.78, 5) is 16.0. The van der Waals surface area contributed by atoms with Gasteiger partial charge in [-0.2, -0.15) is 11.8 Å². The number of carbonyl (C=O) groups is 1. The molecule has 2 N–H and O–H groups in total. The number of hydrogen-bond acceptors (Lipinski definition) is 4. The number of carbonyl (C=O) groups excluding carboxylic acids is 1. The normalized spacial score (nSPS) is 20.4. The minimum absolute atomic E-state index is 0.00329. The van der Waals surface area contributed by atoms with Crippen LogP contribution in [0.25, 0.3) is 0 Å². The number of nitrogens with one attached hydrogen (secondary N) is 2. The number of rotatable bonds is 2. The molecule has 1 aromatic rings. The summed E-state index contributed by atoms with van der Waals surface area (Å²) in [7, 11) is 0. The highest BCUT2D eigenvalue weighted by Crippen LogP contribution is 2.10. The standard InChI is InChI=1S/C11H15N3OS/c1-8-2-3-10(13-6-8)14-11(15)9-7-16-5-4-12-9/h2-3,6,9,12H,4-5,7H2,1H3,(H,13,14,15). The molecule has 1 amide bonds. The maximum absolute atomic E-state index is 11.8. The first-order valence-corrected chi connectivity index (χ1v) is 6.46. The molecule has 1 fully saturated rings. The monoisotopic (exact) mass is 237 g/mol. The average Bonchev–Trinajstić information content (AvgIpc) is 2.33. The molecule has 0 radical (unpaired) electrons. The Morgan fingerprint density at radius 2 is 2.50 bits per heavy atom. The van der Waals surface area contributed by atoms with Crippen molar-refractivity contribution in [2.24, 2.45) is 0 Å². The molecule has 1 aromatic heterocycles. The van der Waals surface area contributed by atoms with E-state index in [-0.39, 0.29) is 11.9 Å². The fourth-order valence-corrected chi connectivity index (χ4v) is 2.42. The van der Waals surface area contributed by atoms with Gasteiger partial charge in [0.1, 0.15) is 5.82 Å². The van der Waals surface area contributed by atoms with Gasteiger partial charge in [0.15, 0.2) is 0 Å². The van der Waals surface area contributed by atoms with Gasteiger partial charge in [-0.3, -0.25) is 4.79 Å². The van der Waals surface area contributed by atoms with Gasteiger partial charge >= 0.3 is 0 Å². The summed E-state index contributed by atoms with van der Waals surface area (Å²) in [6.07, 6.45) is 1.75. The second-order valence-corrected chi connectivity index (χ2v) is 4.94. The summed E-state index contributed by atoms with van der Waals surface area (Å²) in [6, 6.07) is 3.66. The Hall–Kier alpha value is -1.07. The van der Waals surface area contributed by atoms with Gasteiger partial charge < -0.3 is 10.6 Å². The van der Waals surface area contributed by atoms with E-state index in [1.54, 1.807) is 18.0 Å². The van der Waals surface area contributed by atoms with Crippen LogP contribution in [0.15, 0.2) is 18.3 Å². The first-order chi connectivity index (χ1) is 7.75. The van der Waals surface area contributed by atoms with E-state index in [1.165, 1.54) is 0 Å². The van der Waals surface area contributed by atoms with Crippen molar-refractivity contribution in [3.8, 4) is 0 Å². The van der Waals surface area contributed by atoms with Crippen LogP contribution in [0.4, 0.5) is 5.82 Å². The van der Waals surface area contributed by atoms with Crippen LogP contribution >= 0.6 is 11.8 Å². The minimum atomic E-state index is -0.0955. The number of amides is 1. The molecule has 2 rings (SSSR count). The third-order valence-corrected chi connectivity index (χ3v) is 3.46. The summed E-state index contributed by atoms with van der Waals surface area (Å²) < 4.78 is 0. The molecular weight excluding hydrogens is 222 g/mol. The van der Waals surface area contributed by atoms with E-state index in [0.29, 0.717) is 5.82 Å². The number of anilines is 1. The lowest BCUT2D eigenvalue weighted by Gasteiger charge is -2.21. The van der Waals surface area contributed by atoms with Crippen molar-refractivity contribution in [3.63, 3.8) is 0 Å². The quantitative estimate of drug-likeness (QED) is 0.807. The first-order valence-electron chi connectivity index (χ1n) is 5.30. The molecule has 0 bridgehead atoms. The Morgan fingerprint density at radius 3 is 3.12 bits per heavy atom. The van der Waals surface area contributed by atoms with Gasteiger partial charge in [0.25, 0.3) is 0 Å². The molecule has 86 valence electrons. The van der Waals surface area contributed by atoms with E-state index in [1.807, 2.05) is 19.1 Å². The molecule has 0 aliphatic carbocycles. The van der Waals surface area contributed by atoms with E-state index in [0.717, 1.165) is 23.6 Å². The van der Waals surface area contributed by atoms with Gasteiger partial charge in [-0.1, -0.05) is 6.07 Å². The fraction of sp³-hybridized carbons (Fsp3) is 0.455. The lowest BCUT2D eigenvalue weighted by atomic mass is 10.3. The van der Waals surface area contributed by atoms with Crippen molar-refractivity contribution < 1.29 is 4.79 Å². The van der Waals surface area contributed by atoms with Gasteiger partial charge in [-0.15, -0.1) is 0 Å². The lowest BCUT2D eigenvalue weighted by Crippen LogP contribution is -2.46. The molecular formula is C11H15N3OS. The minimum Gasteiger partial charge on any atom is -0.309 e. The van der Waals surface area contributed by atoms with Gasteiger partial charge in [0.2, 0.25) is 5.91 Å². The maximum Gasteiger partial charge on any atom is 0.243 e. The molecule has 4 nitrogen and oxygen atoms in total. The summed E-state index contributed by atoms with van der Waals surface area (Å²) in [5.74, 6) is 2.53. The number of aryl methyl sites for hydroxylation is 1. The average molecular weight is 237 g/mol. The van der Waals surface area contributed by atoms with E-state index in [4.69, 9.17) is 0 Å². The molecule has 0 saturated carbocycles. The third-order valence-electron chi connectivity index (χ3n) is 2.40. The molecule has 1 saturated heterocycles. The second kappa shape index (κ2) is 5.32. The number of nitrogens with zero attached hydrogens (tertiary/aromatic N) is 1. The molecule has 1 atom stereocenters. The Morgan fingerprint density at radius 1 is 1.62 bits per heavy atom. The van der Waals surface area contributed by atoms with Crippen LogP contribution in [0.5, 0.6) is 0 Å². The lowest BCUT2D eigenvalue weighted by molar-refractivity contribution is -0.117. The van der Waals surface area contributed by atoms with Gasteiger partial charge in [0, 0.05) is 24.2 Å². The van der Waals surface area contributed by atoms with E-state index >= 15 is 0 Å². The molecule has 1 unspecified atom stereocenters. The zero-order valence-corrected chi connectivity index (χ0v) is 10.0. The van der Waals surface area contributed by atoms with Crippen molar-refractivity contribution >= 4 is 23.5 Å². The van der Waals surface area contributed by atoms with Gasteiger partial charge in [0.05, 0.1) is 6.04 Å². The zero-order valence-electron chi connectivity index (χ0n) is 9.19. The SMILES string of the molecule is Cc1ccc(NC(=O)C2CSCCN2)nc1. The van der Waals surface area contributed by atoms with Crippen molar-refractivity contribution in [1.29, 1.82) is 0 Å². The number of hydrogen-bond donors (Lipinski definition) is 2. The smallest absolute Gasteiger partial charge is 0.243 e. The maximum atomic E-state index is 11.8. The van der Waals surface area contributed by atoms with Crippen molar-refractivity contribution in [1.82, 2.24) is 10.3 Å². The molecule has 0 aromatic carbocycles. The highest BCUT2D eigenvalue weighted by molar-refractivity contribution is 7.99. The second-order valence-electron chi connectivity index (χ2n) is 3.79. The van der Waals surface area contributed by atoms with Crippen LogP contribution in [0.3, 0.4) is 0 Å². The Kier molecular flexibility index (Phi) is 3.79. The summed E-state index contributed by atoms with van der Waals surface area (Å²) in [5, 5.41) is 6.00. The summed E-state index contributed by atoms with van der Waals surface area (Å²) in [5.41, 5.74) is 1.09. The number of aromatic nitrogens is 1. The molecule has 1 aliphatic rings. The van der Waals surface area contributed by atoms with Crippen molar-refractivity contribution in [2.75, 3.05) is 23.4 Å². The molecule has 2 heterocycles. The fourth-order valence-electron chi connectivity index (χ4n) is 1.49. The van der Waals surface area contributed by atoms with Gasteiger partial charge in [-0.25, -0.2) is 4.98 Å². The molecule has 16 heavy (non-hydrogen) atoms. The highest BCUT2D eigenvalue weighted by atomic mass is 32.2. The topological polar surface area (TPSA) is 54.0 Å². The third kappa shape index (κ3) is 2.96. The summed E-state index contributed by atoms with van der Waals surface area (Å²) in [6.45, 7) is 2.86. The predicted molar refractivity (Wildman–Crippen MR) is 66.7 cm³/mol. The Bertz CT molecular complexity index is 360. The summed E-state index contributed by atoms with van der Waals surface area (Å²) >= 11 is 1.80. The van der Waals surface area contributed by atoms with Crippen molar-refractivity contribution in [2.45, 2.75) is 13.0 Å².